The van der Waals surface area contributed by atoms with Gasteiger partial charge in [-0.05, 0) is 43.6 Å². The molecule has 0 bridgehead atoms. The van der Waals surface area contributed by atoms with Gasteiger partial charge in [0.2, 0.25) is 17.6 Å². The number of amides is 1. The zero-order valence-corrected chi connectivity index (χ0v) is 17.4. The van der Waals surface area contributed by atoms with Crippen molar-refractivity contribution in [1.29, 1.82) is 0 Å². The molecule has 0 saturated heterocycles. The van der Waals surface area contributed by atoms with Gasteiger partial charge < -0.3 is 11.1 Å². The van der Waals surface area contributed by atoms with Crippen LogP contribution in [0.2, 0.25) is 0 Å². The minimum atomic E-state index is -4.39. The maximum atomic E-state index is 13.4. The van der Waals surface area contributed by atoms with Gasteiger partial charge in [-0.15, -0.1) is 0 Å². The van der Waals surface area contributed by atoms with Crippen LogP contribution < -0.4 is 11.1 Å². The molecule has 1 amide bonds. The fourth-order valence-electron chi connectivity index (χ4n) is 4.26. The molecule has 2 atom stereocenters. The first kappa shape index (κ1) is 22.9. The lowest BCUT2D eigenvalue weighted by molar-refractivity contribution is -0.144. The highest BCUT2D eigenvalue weighted by Gasteiger charge is 2.38. The van der Waals surface area contributed by atoms with Crippen LogP contribution in [-0.2, 0) is 4.79 Å². The standard InChI is InChI=1S/C21H26F5N5O/c22-20(23)7-3-12(4-8-20)17(27)15-11-31-10-6-14(28-19(31)29-15)18(13-1-2-13)30-16(32)5-9-21(24,25)26/h6,10-13,17-18H,1-5,7-9,27H2,(H,30,32)/t17-,18+/m0/s1. The Morgan fingerprint density at radius 1 is 1.16 bits per heavy atom. The molecule has 2 saturated carbocycles. The molecule has 11 heteroatoms. The van der Waals surface area contributed by atoms with E-state index in [1.165, 1.54) is 0 Å². The third-order valence-electron chi connectivity index (χ3n) is 6.34. The van der Waals surface area contributed by atoms with Crippen molar-refractivity contribution in [2.24, 2.45) is 17.6 Å². The summed E-state index contributed by atoms with van der Waals surface area (Å²) in [6.45, 7) is 0. The molecule has 2 aliphatic carbocycles. The van der Waals surface area contributed by atoms with Crippen molar-refractivity contribution in [1.82, 2.24) is 19.7 Å². The second kappa shape index (κ2) is 8.57. The van der Waals surface area contributed by atoms with Crippen molar-refractivity contribution in [3.05, 3.63) is 29.8 Å². The molecule has 2 aromatic rings. The minimum absolute atomic E-state index is 0.0915. The molecule has 4 rings (SSSR count). The van der Waals surface area contributed by atoms with Gasteiger partial charge in [0.25, 0.3) is 0 Å². The fraction of sp³-hybridized carbons (Fsp3) is 0.667. The summed E-state index contributed by atoms with van der Waals surface area (Å²) in [4.78, 5) is 21.0. The molecule has 0 aliphatic heterocycles. The van der Waals surface area contributed by atoms with Crippen LogP contribution in [0, 0.1) is 11.8 Å². The maximum Gasteiger partial charge on any atom is 0.389 e. The first-order chi connectivity index (χ1) is 15.0. The Kier molecular flexibility index (Phi) is 6.12. The van der Waals surface area contributed by atoms with Crippen molar-refractivity contribution in [2.45, 2.75) is 75.5 Å². The minimum Gasteiger partial charge on any atom is -0.347 e. The van der Waals surface area contributed by atoms with Crippen LogP contribution >= 0.6 is 0 Å². The number of imidazole rings is 1. The number of alkyl halides is 5. The first-order valence-electron chi connectivity index (χ1n) is 10.9. The van der Waals surface area contributed by atoms with Crippen molar-refractivity contribution in [2.75, 3.05) is 0 Å². The molecule has 3 N–H and O–H groups in total. The lowest BCUT2D eigenvalue weighted by Crippen LogP contribution is -2.31. The molecule has 0 aromatic carbocycles. The lowest BCUT2D eigenvalue weighted by atomic mass is 9.81. The van der Waals surface area contributed by atoms with Gasteiger partial charge in [0.1, 0.15) is 0 Å². The van der Waals surface area contributed by atoms with E-state index in [0.29, 0.717) is 30.0 Å². The highest BCUT2D eigenvalue weighted by molar-refractivity contribution is 5.76. The molecule has 0 radical (unpaired) electrons. The number of fused-ring (bicyclic) bond motifs is 1. The third kappa shape index (κ3) is 5.54. The topological polar surface area (TPSA) is 85.3 Å². The predicted octanol–water partition coefficient (Wildman–Crippen LogP) is 4.46. The predicted molar refractivity (Wildman–Crippen MR) is 106 cm³/mol. The molecule has 2 heterocycles. The highest BCUT2D eigenvalue weighted by atomic mass is 19.4. The van der Waals surface area contributed by atoms with E-state index in [1.807, 2.05) is 0 Å². The largest absolute Gasteiger partial charge is 0.389 e. The number of nitrogens with one attached hydrogen (secondary N) is 1. The van der Waals surface area contributed by atoms with Gasteiger partial charge in [-0.3, -0.25) is 9.20 Å². The van der Waals surface area contributed by atoms with E-state index in [4.69, 9.17) is 5.73 Å². The van der Waals surface area contributed by atoms with Gasteiger partial charge in [0.05, 0.1) is 29.9 Å². The van der Waals surface area contributed by atoms with Gasteiger partial charge in [-0.25, -0.2) is 18.7 Å². The average molecular weight is 459 g/mol. The lowest BCUT2D eigenvalue weighted by Gasteiger charge is -2.31. The number of nitrogens with two attached hydrogens (primary N) is 1. The zero-order valence-electron chi connectivity index (χ0n) is 17.4. The van der Waals surface area contributed by atoms with Crippen LogP contribution in [0.5, 0.6) is 0 Å². The Morgan fingerprint density at radius 3 is 2.44 bits per heavy atom. The zero-order chi connectivity index (χ0) is 23.1. The second-order valence-electron chi connectivity index (χ2n) is 8.94. The Bertz CT molecular complexity index is 961. The first-order valence-corrected chi connectivity index (χ1v) is 10.9. The monoisotopic (exact) mass is 459 g/mol. The summed E-state index contributed by atoms with van der Waals surface area (Å²) in [5.74, 6) is -2.91. The van der Waals surface area contributed by atoms with Crippen LogP contribution in [0.3, 0.4) is 0 Å². The molecule has 2 aliphatic rings. The summed E-state index contributed by atoms with van der Waals surface area (Å²) < 4.78 is 65.8. The molecule has 6 nitrogen and oxygen atoms in total. The van der Waals surface area contributed by atoms with Crippen LogP contribution in [0.15, 0.2) is 18.5 Å². The number of aromatic nitrogens is 3. The van der Waals surface area contributed by atoms with E-state index in [0.717, 1.165) is 12.8 Å². The molecule has 2 aromatic heterocycles. The number of carbonyl (C=O) groups is 1. The normalized spacial score (nSPS) is 21.4. The van der Waals surface area contributed by atoms with Gasteiger partial charge in [-0.2, -0.15) is 13.2 Å². The number of nitrogens with zero attached hydrogens (tertiary/aromatic N) is 3. The smallest absolute Gasteiger partial charge is 0.347 e. The average Bonchev–Trinajstić information content (AvgIpc) is 3.47. The van der Waals surface area contributed by atoms with E-state index in [9.17, 15) is 26.7 Å². The van der Waals surface area contributed by atoms with Crippen molar-refractivity contribution >= 4 is 11.7 Å². The summed E-state index contributed by atoms with van der Waals surface area (Å²) in [5.41, 5.74) is 7.40. The van der Waals surface area contributed by atoms with E-state index >= 15 is 0 Å². The Hall–Kier alpha value is -2.30. The number of halogens is 5. The molecule has 2 fully saturated rings. The second-order valence-corrected chi connectivity index (χ2v) is 8.94. The van der Waals surface area contributed by atoms with Gasteiger partial charge in [0.15, 0.2) is 0 Å². The number of carbonyl (C=O) groups excluding carboxylic acids is 1. The highest BCUT2D eigenvalue weighted by Crippen LogP contribution is 2.42. The molecule has 32 heavy (non-hydrogen) atoms. The summed E-state index contributed by atoms with van der Waals surface area (Å²) >= 11 is 0. The SMILES string of the molecule is N[C@H](c1cn2ccc([C@H](NC(=O)CCC(F)(F)F)C3CC3)nc2n1)C1CCC(F)(F)CC1. The van der Waals surface area contributed by atoms with E-state index < -0.39 is 42.9 Å². The van der Waals surface area contributed by atoms with Crippen LogP contribution in [-0.4, -0.2) is 32.4 Å². The van der Waals surface area contributed by atoms with Crippen molar-refractivity contribution < 1.29 is 26.7 Å². The van der Waals surface area contributed by atoms with Crippen molar-refractivity contribution in [3.63, 3.8) is 0 Å². The van der Waals surface area contributed by atoms with E-state index in [-0.39, 0.29) is 24.7 Å². The number of hydrogen-bond donors (Lipinski definition) is 2. The molecule has 0 spiro atoms. The third-order valence-corrected chi connectivity index (χ3v) is 6.34. The number of rotatable bonds is 7. The quantitative estimate of drug-likeness (QED) is 0.599. The van der Waals surface area contributed by atoms with Gasteiger partial charge >= 0.3 is 6.18 Å². The summed E-state index contributed by atoms with van der Waals surface area (Å²) in [5, 5.41) is 2.69. The van der Waals surface area contributed by atoms with E-state index in [1.54, 1.807) is 22.9 Å². The number of hydrogen-bond acceptors (Lipinski definition) is 4. The maximum absolute atomic E-state index is 13.4. The Morgan fingerprint density at radius 2 is 1.81 bits per heavy atom. The Labute approximate surface area is 181 Å². The molecule has 176 valence electrons. The summed E-state index contributed by atoms with van der Waals surface area (Å²) in [7, 11) is 0. The van der Waals surface area contributed by atoms with Gasteiger partial charge in [0, 0.05) is 31.7 Å². The van der Waals surface area contributed by atoms with Crippen LogP contribution in [0.4, 0.5) is 22.0 Å². The van der Waals surface area contributed by atoms with Gasteiger partial charge in [-0.1, -0.05) is 0 Å². The van der Waals surface area contributed by atoms with Crippen LogP contribution in [0.25, 0.3) is 5.78 Å². The van der Waals surface area contributed by atoms with Crippen molar-refractivity contribution in [3.8, 4) is 0 Å². The van der Waals surface area contributed by atoms with E-state index in [2.05, 4.69) is 15.3 Å². The summed E-state index contributed by atoms with van der Waals surface area (Å²) in [6, 6.07) is 0.741. The molecular formula is C21H26F5N5O. The Balaban J connectivity index is 1.47. The van der Waals surface area contributed by atoms with Crippen LogP contribution in [0.1, 0.15) is 74.8 Å². The molecular weight excluding hydrogens is 433 g/mol. The summed E-state index contributed by atoms with van der Waals surface area (Å²) in [6.07, 6.45) is -0.746. The fourth-order valence-corrected chi connectivity index (χ4v) is 4.26. The molecule has 0 unspecified atom stereocenters.